The number of methoxy groups -OCH3 is 1. The van der Waals surface area contributed by atoms with Crippen LogP contribution in [0.25, 0.3) is 0 Å². The number of carbonyl (C=O) groups excluding carboxylic acids is 1. The van der Waals surface area contributed by atoms with Crippen molar-refractivity contribution in [2.45, 2.75) is 47.2 Å². The molecular weight excluding hydrogens is 390 g/mol. The summed E-state index contributed by atoms with van der Waals surface area (Å²) in [5.74, 6) is 1.02. The average molecular weight is 416 g/mol. The van der Waals surface area contributed by atoms with Gasteiger partial charge in [-0.25, -0.2) is 0 Å². The van der Waals surface area contributed by atoms with E-state index in [0.29, 0.717) is 0 Å². The quantitative estimate of drug-likeness (QED) is 0.460. The van der Waals surface area contributed by atoms with Gasteiger partial charge in [0.15, 0.2) is 5.78 Å². The van der Waals surface area contributed by atoms with Crippen molar-refractivity contribution in [3.63, 3.8) is 0 Å². The van der Waals surface area contributed by atoms with Gasteiger partial charge in [0.2, 0.25) is 0 Å². The molecule has 2 aromatic carbocycles. The zero-order valence-corrected chi connectivity index (χ0v) is 18.1. The molecule has 2 heterocycles. The number of hydrogen-bond donors (Lipinski definition) is 0. The molecule has 1 fully saturated rings. The summed E-state index contributed by atoms with van der Waals surface area (Å²) in [6, 6.07) is 22.3. The molecule has 3 nitrogen and oxygen atoms in total. The fourth-order valence-corrected chi connectivity index (χ4v) is 7.55. The monoisotopic (exact) mass is 415 g/mol. The molecule has 1 saturated carbocycles. The minimum atomic E-state index is -0.590. The zero-order valence-electron chi connectivity index (χ0n) is 17.3. The molecule has 0 saturated heterocycles. The van der Waals surface area contributed by atoms with Crippen LogP contribution in [0.2, 0.25) is 0 Å². The van der Waals surface area contributed by atoms with Crippen molar-refractivity contribution in [2.24, 2.45) is 0 Å². The van der Waals surface area contributed by atoms with Crippen LogP contribution in [0.15, 0.2) is 77.8 Å². The number of hydrogen-bond acceptors (Lipinski definition) is 4. The van der Waals surface area contributed by atoms with Crippen LogP contribution in [-0.2, 0) is 5.41 Å². The van der Waals surface area contributed by atoms with Crippen LogP contribution < -0.4 is 4.74 Å². The Kier molecular flexibility index (Phi) is 4.70. The predicted octanol–water partition coefficient (Wildman–Crippen LogP) is 6.04. The van der Waals surface area contributed by atoms with Crippen LogP contribution in [-0.4, -0.2) is 22.6 Å². The summed E-state index contributed by atoms with van der Waals surface area (Å²) >= 11 is 1.91. The van der Waals surface area contributed by atoms with Gasteiger partial charge in [0.05, 0.1) is 18.7 Å². The molecular formula is C26H25NO2S. The molecule has 3 atom stereocenters. The van der Waals surface area contributed by atoms with Crippen LogP contribution in [0.1, 0.15) is 53.7 Å². The van der Waals surface area contributed by atoms with Gasteiger partial charge in [-0.1, -0.05) is 61.9 Å². The van der Waals surface area contributed by atoms with E-state index in [1.54, 1.807) is 13.3 Å². The smallest absolute Gasteiger partial charge is 0.175 e. The first-order chi connectivity index (χ1) is 14.7. The number of Topliss-reactive ketones (excluding diaryl/α,β-unsaturated/α-hetero) is 1. The summed E-state index contributed by atoms with van der Waals surface area (Å²) < 4.78 is 5.19. The minimum absolute atomic E-state index is 0.0545. The van der Waals surface area contributed by atoms with Crippen molar-refractivity contribution in [1.82, 2.24) is 4.98 Å². The van der Waals surface area contributed by atoms with Crippen molar-refractivity contribution in [1.29, 1.82) is 0 Å². The Balaban J connectivity index is 1.72. The molecule has 1 aliphatic heterocycles. The SMILES string of the molecule is CCC[C@]12C[C@H](c3ccc(OC)cn3)[C@@]1(C(=O)c1ccccc1)c1ccccc1S2. The van der Waals surface area contributed by atoms with E-state index < -0.39 is 5.41 Å². The molecule has 30 heavy (non-hydrogen) atoms. The predicted molar refractivity (Wildman–Crippen MR) is 121 cm³/mol. The van der Waals surface area contributed by atoms with Crippen LogP contribution in [0.5, 0.6) is 5.75 Å². The largest absolute Gasteiger partial charge is 0.495 e. The number of rotatable bonds is 6. The lowest BCUT2D eigenvalue weighted by Crippen LogP contribution is -2.65. The number of ether oxygens (including phenoxy) is 1. The second-order valence-corrected chi connectivity index (χ2v) is 9.65. The van der Waals surface area contributed by atoms with Gasteiger partial charge in [0, 0.05) is 26.8 Å². The van der Waals surface area contributed by atoms with Crippen molar-refractivity contribution in [3.8, 4) is 5.75 Å². The molecule has 0 bridgehead atoms. The number of pyridine rings is 1. The van der Waals surface area contributed by atoms with Crippen molar-refractivity contribution < 1.29 is 9.53 Å². The van der Waals surface area contributed by atoms with Crippen LogP contribution >= 0.6 is 11.8 Å². The number of benzene rings is 2. The van der Waals surface area contributed by atoms with Gasteiger partial charge in [-0.3, -0.25) is 9.78 Å². The standard InChI is InChI=1S/C26H25NO2S/c1-3-15-25-16-21(22-14-13-19(29-2)17-27-22)26(25,20-11-7-8-12-23(20)30-25)24(28)18-9-5-4-6-10-18/h4-14,17,21H,3,15-16H2,1-2H3/t21-,25+,26-/m1/s1. The Morgan fingerprint density at radius 1 is 1.10 bits per heavy atom. The summed E-state index contributed by atoms with van der Waals surface area (Å²) in [5.41, 5.74) is 2.34. The van der Waals surface area contributed by atoms with Gasteiger partial charge in [0.1, 0.15) is 5.75 Å². The second kappa shape index (κ2) is 7.28. The topological polar surface area (TPSA) is 39.2 Å². The Labute approximate surface area is 181 Å². The third kappa shape index (κ3) is 2.53. The number of ketones is 1. The molecule has 0 N–H and O–H groups in total. The molecule has 1 aromatic heterocycles. The molecule has 2 aliphatic rings. The first-order valence-corrected chi connectivity index (χ1v) is 11.4. The highest BCUT2D eigenvalue weighted by Crippen LogP contribution is 2.75. The van der Waals surface area contributed by atoms with Crippen molar-refractivity contribution in [3.05, 3.63) is 89.7 Å². The maximum absolute atomic E-state index is 14.3. The van der Waals surface area contributed by atoms with Gasteiger partial charge in [0.25, 0.3) is 0 Å². The molecule has 0 unspecified atom stereocenters. The third-order valence-corrected chi connectivity index (χ3v) is 8.45. The molecule has 5 rings (SSSR count). The second-order valence-electron chi connectivity index (χ2n) is 8.23. The van der Waals surface area contributed by atoms with E-state index in [1.165, 1.54) is 10.5 Å². The first-order valence-electron chi connectivity index (χ1n) is 10.5. The lowest BCUT2D eigenvalue weighted by atomic mass is 9.45. The van der Waals surface area contributed by atoms with Gasteiger partial charge < -0.3 is 4.74 Å². The van der Waals surface area contributed by atoms with Crippen molar-refractivity contribution in [2.75, 3.05) is 7.11 Å². The van der Waals surface area contributed by atoms with E-state index >= 15 is 0 Å². The number of carbonyl (C=O) groups is 1. The van der Waals surface area contributed by atoms with E-state index in [1.807, 2.05) is 54.2 Å². The van der Waals surface area contributed by atoms with Crippen LogP contribution in [0, 0.1) is 0 Å². The summed E-state index contributed by atoms with van der Waals surface area (Å²) in [6.45, 7) is 2.22. The maximum Gasteiger partial charge on any atom is 0.175 e. The molecule has 0 spiro atoms. The minimum Gasteiger partial charge on any atom is -0.495 e. The van der Waals surface area contributed by atoms with E-state index in [4.69, 9.17) is 9.72 Å². The van der Waals surface area contributed by atoms with Gasteiger partial charge in [-0.05, 0) is 36.6 Å². The van der Waals surface area contributed by atoms with Crippen LogP contribution in [0.4, 0.5) is 0 Å². The summed E-state index contributed by atoms with van der Waals surface area (Å²) in [5, 5.41) is 0. The molecule has 1 aliphatic carbocycles. The lowest BCUT2D eigenvalue weighted by molar-refractivity contribution is 0.0585. The fourth-order valence-electron chi connectivity index (χ4n) is 5.58. The number of thioether (sulfide) groups is 1. The van der Waals surface area contributed by atoms with Crippen LogP contribution in [0.3, 0.4) is 0 Å². The fraction of sp³-hybridized carbons (Fsp3) is 0.308. The highest BCUT2D eigenvalue weighted by atomic mass is 32.2. The van der Waals surface area contributed by atoms with E-state index in [2.05, 4.69) is 31.2 Å². The Morgan fingerprint density at radius 3 is 2.57 bits per heavy atom. The Bertz CT molecular complexity index is 1080. The Hall–Kier alpha value is -2.59. The maximum atomic E-state index is 14.3. The molecule has 0 amide bonds. The number of fused-ring (bicyclic) bond motifs is 3. The number of nitrogens with zero attached hydrogens (tertiary/aromatic N) is 1. The average Bonchev–Trinajstić information content (AvgIpc) is 3.00. The summed E-state index contributed by atoms with van der Waals surface area (Å²) in [4.78, 5) is 20.3. The van der Waals surface area contributed by atoms with Gasteiger partial charge in [-0.2, -0.15) is 0 Å². The van der Waals surface area contributed by atoms with Gasteiger partial charge >= 0.3 is 0 Å². The molecule has 0 radical (unpaired) electrons. The van der Waals surface area contributed by atoms with E-state index in [-0.39, 0.29) is 16.4 Å². The van der Waals surface area contributed by atoms with E-state index in [0.717, 1.165) is 36.3 Å². The summed E-state index contributed by atoms with van der Waals surface area (Å²) in [6.07, 6.45) is 4.78. The third-order valence-electron chi connectivity index (χ3n) is 6.79. The normalized spacial score (nSPS) is 26.4. The molecule has 152 valence electrons. The summed E-state index contributed by atoms with van der Waals surface area (Å²) in [7, 11) is 1.65. The zero-order chi connectivity index (χ0) is 20.8. The molecule has 3 aromatic rings. The van der Waals surface area contributed by atoms with Gasteiger partial charge in [-0.15, -0.1) is 11.8 Å². The molecule has 4 heteroatoms. The Morgan fingerprint density at radius 2 is 1.87 bits per heavy atom. The highest BCUT2D eigenvalue weighted by molar-refractivity contribution is 8.01. The number of aromatic nitrogens is 1. The lowest BCUT2D eigenvalue weighted by Gasteiger charge is -2.59. The van der Waals surface area contributed by atoms with Crippen molar-refractivity contribution >= 4 is 17.5 Å². The first kappa shape index (κ1) is 19.4. The highest BCUT2D eigenvalue weighted by Gasteiger charge is 2.73. The van der Waals surface area contributed by atoms with E-state index in [9.17, 15) is 4.79 Å².